The van der Waals surface area contributed by atoms with E-state index < -0.39 is 0 Å². The fourth-order valence-corrected chi connectivity index (χ4v) is 1.61. The lowest BCUT2D eigenvalue weighted by Gasteiger charge is -2.07. The first-order valence-corrected chi connectivity index (χ1v) is 5.63. The van der Waals surface area contributed by atoms with Crippen molar-refractivity contribution in [3.63, 3.8) is 0 Å². The fraction of sp³-hybridized carbons (Fsp3) is 0.143. The Bertz CT molecular complexity index is 550. The molecule has 0 aliphatic heterocycles. The molecule has 4 nitrogen and oxygen atoms in total. The summed E-state index contributed by atoms with van der Waals surface area (Å²) in [5.74, 6) is -0.232. The number of pyridine rings is 1. The van der Waals surface area contributed by atoms with Gasteiger partial charge in [-0.15, -0.1) is 0 Å². The number of aryl methyl sites for hydroxylation is 1. The number of hydrogen-bond donors (Lipinski definition) is 2. The molecule has 0 saturated heterocycles. The number of aromatic nitrogens is 1. The van der Waals surface area contributed by atoms with Crippen LogP contribution < -0.4 is 5.32 Å². The van der Waals surface area contributed by atoms with Gasteiger partial charge in [-0.3, -0.25) is 9.78 Å². The summed E-state index contributed by atoms with van der Waals surface area (Å²) in [6.07, 6.45) is 1.59. The number of carbonyl (C=O) groups excluding carboxylic acids is 1. The Kier molecular flexibility index (Phi) is 3.69. The number of amides is 1. The minimum Gasteiger partial charge on any atom is -0.392 e. The fourth-order valence-electron chi connectivity index (χ4n) is 1.61. The van der Waals surface area contributed by atoms with E-state index in [4.69, 9.17) is 5.11 Å². The number of nitrogens with zero attached hydrogens (tertiary/aromatic N) is 1. The third-order valence-electron chi connectivity index (χ3n) is 2.62. The van der Waals surface area contributed by atoms with Gasteiger partial charge in [0, 0.05) is 11.9 Å². The van der Waals surface area contributed by atoms with Gasteiger partial charge in [0.05, 0.1) is 6.61 Å². The van der Waals surface area contributed by atoms with Crippen molar-refractivity contribution in [3.8, 4) is 0 Å². The normalized spacial score (nSPS) is 10.1. The van der Waals surface area contributed by atoms with Crippen LogP contribution in [0.15, 0.2) is 42.6 Å². The first-order chi connectivity index (χ1) is 8.70. The molecule has 1 aromatic heterocycles. The zero-order valence-electron chi connectivity index (χ0n) is 10.1. The van der Waals surface area contributed by atoms with Crippen molar-refractivity contribution in [1.29, 1.82) is 0 Å². The third kappa shape index (κ3) is 2.73. The summed E-state index contributed by atoms with van der Waals surface area (Å²) in [5.41, 5.74) is 2.75. The van der Waals surface area contributed by atoms with Crippen LogP contribution in [0, 0.1) is 6.92 Å². The molecule has 1 aromatic carbocycles. The number of anilines is 1. The highest BCUT2D eigenvalue weighted by atomic mass is 16.3. The van der Waals surface area contributed by atoms with Crippen molar-refractivity contribution in [2.45, 2.75) is 13.5 Å². The first-order valence-electron chi connectivity index (χ1n) is 5.63. The van der Waals surface area contributed by atoms with Crippen LogP contribution in [-0.4, -0.2) is 16.0 Å². The van der Waals surface area contributed by atoms with E-state index in [0.717, 1.165) is 11.1 Å². The molecule has 92 valence electrons. The lowest BCUT2D eigenvalue weighted by atomic mass is 10.2. The number of hydrogen-bond acceptors (Lipinski definition) is 3. The average molecular weight is 242 g/mol. The summed E-state index contributed by atoms with van der Waals surface area (Å²) in [7, 11) is 0. The second kappa shape index (κ2) is 5.42. The van der Waals surface area contributed by atoms with Gasteiger partial charge in [0.2, 0.25) is 0 Å². The van der Waals surface area contributed by atoms with E-state index in [1.165, 1.54) is 0 Å². The zero-order chi connectivity index (χ0) is 13.0. The molecule has 4 heteroatoms. The number of rotatable bonds is 3. The van der Waals surface area contributed by atoms with E-state index in [-0.39, 0.29) is 12.5 Å². The van der Waals surface area contributed by atoms with Gasteiger partial charge in [0.15, 0.2) is 0 Å². The summed E-state index contributed by atoms with van der Waals surface area (Å²) < 4.78 is 0. The van der Waals surface area contributed by atoms with E-state index in [1.807, 2.05) is 13.0 Å². The van der Waals surface area contributed by atoms with Crippen molar-refractivity contribution >= 4 is 11.6 Å². The molecule has 2 N–H and O–H groups in total. The molecule has 0 aliphatic rings. The minimum atomic E-state index is -0.232. The highest BCUT2D eigenvalue weighted by Crippen LogP contribution is 2.12. The predicted molar refractivity (Wildman–Crippen MR) is 69.3 cm³/mol. The Hall–Kier alpha value is -2.20. The molecule has 0 spiro atoms. The first kappa shape index (κ1) is 12.3. The molecular formula is C14H14N2O2. The Balaban J connectivity index is 2.14. The maximum absolute atomic E-state index is 12.0. The Morgan fingerprint density at radius 3 is 2.61 bits per heavy atom. The van der Waals surface area contributed by atoms with Crippen LogP contribution in [-0.2, 0) is 6.61 Å². The Morgan fingerprint density at radius 1 is 1.28 bits per heavy atom. The van der Waals surface area contributed by atoms with Gasteiger partial charge in [0.1, 0.15) is 5.69 Å². The van der Waals surface area contributed by atoms with E-state index in [2.05, 4.69) is 10.3 Å². The number of carbonyl (C=O) groups is 1. The minimum absolute atomic E-state index is 0.00637. The molecule has 0 atom stereocenters. The van der Waals surface area contributed by atoms with Crippen molar-refractivity contribution in [3.05, 3.63) is 59.4 Å². The molecule has 0 bridgehead atoms. The quantitative estimate of drug-likeness (QED) is 0.866. The van der Waals surface area contributed by atoms with Gasteiger partial charge in [0.25, 0.3) is 5.91 Å². The molecule has 0 aliphatic carbocycles. The van der Waals surface area contributed by atoms with E-state index >= 15 is 0 Å². The van der Waals surface area contributed by atoms with Gasteiger partial charge in [-0.25, -0.2) is 0 Å². The van der Waals surface area contributed by atoms with Crippen LogP contribution in [0.5, 0.6) is 0 Å². The molecule has 2 aromatic rings. The standard InChI is InChI=1S/C14H14N2O2/c1-10-3-2-8-15-13(10)14(18)16-12-6-4-11(9-17)5-7-12/h2-8,17H,9H2,1H3,(H,16,18). The average Bonchev–Trinajstić information content (AvgIpc) is 2.40. The molecular weight excluding hydrogens is 228 g/mol. The van der Waals surface area contributed by atoms with Crippen LogP contribution in [0.1, 0.15) is 21.6 Å². The highest BCUT2D eigenvalue weighted by Gasteiger charge is 2.09. The van der Waals surface area contributed by atoms with Crippen LogP contribution >= 0.6 is 0 Å². The van der Waals surface area contributed by atoms with Crippen LogP contribution in [0.3, 0.4) is 0 Å². The number of aliphatic hydroxyl groups is 1. The number of nitrogens with one attached hydrogen (secondary N) is 1. The highest BCUT2D eigenvalue weighted by molar-refractivity contribution is 6.03. The molecule has 0 saturated carbocycles. The monoisotopic (exact) mass is 242 g/mol. The van der Waals surface area contributed by atoms with E-state index in [0.29, 0.717) is 11.4 Å². The van der Waals surface area contributed by atoms with Crippen molar-refractivity contribution in [1.82, 2.24) is 4.98 Å². The van der Waals surface area contributed by atoms with Gasteiger partial charge in [-0.1, -0.05) is 18.2 Å². The summed E-state index contributed by atoms with van der Waals surface area (Å²) >= 11 is 0. The number of benzene rings is 1. The van der Waals surface area contributed by atoms with Crippen molar-refractivity contribution < 1.29 is 9.90 Å². The maximum Gasteiger partial charge on any atom is 0.274 e. The summed E-state index contributed by atoms with van der Waals surface area (Å²) in [5, 5.41) is 11.7. The Labute approximate surface area is 105 Å². The van der Waals surface area contributed by atoms with Crippen molar-refractivity contribution in [2.75, 3.05) is 5.32 Å². The smallest absolute Gasteiger partial charge is 0.274 e. The molecule has 1 heterocycles. The number of aliphatic hydroxyl groups excluding tert-OH is 1. The second-order valence-corrected chi connectivity index (χ2v) is 3.98. The summed E-state index contributed by atoms with van der Waals surface area (Å²) in [6.45, 7) is 1.84. The third-order valence-corrected chi connectivity index (χ3v) is 2.62. The predicted octanol–water partition coefficient (Wildman–Crippen LogP) is 2.13. The van der Waals surface area contributed by atoms with Crippen LogP contribution in [0.25, 0.3) is 0 Å². The SMILES string of the molecule is Cc1cccnc1C(=O)Nc1ccc(CO)cc1. The molecule has 18 heavy (non-hydrogen) atoms. The molecule has 0 unspecified atom stereocenters. The maximum atomic E-state index is 12.0. The molecule has 0 radical (unpaired) electrons. The largest absolute Gasteiger partial charge is 0.392 e. The Morgan fingerprint density at radius 2 is 2.00 bits per heavy atom. The molecule has 2 rings (SSSR count). The van der Waals surface area contributed by atoms with Gasteiger partial charge in [-0.05, 0) is 36.2 Å². The van der Waals surface area contributed by atoms with E-state index in [9.17, 15) is 4.79 Å². The molecule has 1 amide bonds. The van der Waals surface area contributed by atoms with Crippen LogP contribution in [0.2, 0.25) is 0 Å². The van der Waals surface area contributed by atoms with Gasteiger partial charge in [-0.2, -0.15) is 0 Å². The topological polar surface area (TPSA) is 62.2 Å². The second-order valence-electron chi connectivity index (χ2n) is 3.98. The lowest BCUT2D eigenvalue weighted by Crippen LogP contribution is -2.15. The summed E-state index contributed by atoms with van der Waals surface area (Å²) in [6, 6.07) is 10.7. The van der Waals surface area contributed by atoms with Gasteiger partial charge >= 0.3 is 0 Å². The molecule has 0 fully saturated rings. The zero-order valence-corrected chi connectivity index (χ0v) is 10.1. The van der Waals surface area contributed by atoms with Gasteiger partial charge < -0.3 is 10.4 Å². The van der Waals surface area contributed by atoms with Crippen LogP contribution in [0.4, 0.5) is 5.69 Å². The van der Waals surface area contributed by atoms with Crippen molar-refractivity contribution in [2.24, 2.45) is 0 Å². The van der Waals surface area contributed by atoms with E-state index in [1.54, 1.807) is 36.5 Å². The summed E-state index contributed by atoms with van der Waals surface area (Å²) in [4.78, 5) is 16.0. The lowest BCUT2D eigenvalue weighted by molar-refractivity contribution is 0.102.